The quantitative estimate of drug-likeness (QED) is 0.850. The van der Waals surface area contributed by atoms with Gasteiger partial charge in [0.25, 0.3) is 5.91 Å². The van der Waals surface area contributed by atoms with Gasteiger partial charge in [-0.15, -0.1) is 0 Å². The summed E-state index contributed by atoms with van der Waals surface area (Å²) in [5.74, 6) is 0.0243. The Morgan fingerprint density at radius 3 is 2.50 bits per heavy atom. The van der Waals surface area contributed by atoms with Crippen LogP contribution in [0.3, 0.4) is 0 Å². The molecule has 2 aromatic rings. The molecule has 0 saturated carbocycles. The van der Waals surface area contributed by atoms with Gasteiger partial charge in [-0.2, -0.15) is 0 Å². The van der Waals surface area contributed by atoms with Gasteiger partial charge in [-0.05, 0) is 31.0 Å². The fourth-order valence-electron chi connectivity index (χ4n) is 2.93. The van der Waals surface area contributed by atoms with Crippen LogP contribution in [0, 0.1) is 0 Å². The summed E-state index contributed by atoms with van der Waals surface area (Å²) in [6.45, 7) is 1.56. The van der Waals surface area contributed by atoms with Crippen LogP contribution in [0.15, 0.2) is 36.7 Å². The van der Waals surface area contributed by atoms with Crippen LogP contribution in [0.25, 0.3) is 0 Å². The number of benzene rings is 1. The third kappa shape index (κ3) is 4.36. The molecule has 0 unspecified atom stereocenters. The van der Waals surface area contributed by atoms with Crippen molar-refractivity contribution in [3.05, 3.63) is 47.9 Å². The van der Waals surface area contributed by atoms with Crippen molar-refractivity contribution < 1.29 is 14.3 Å². The van der Waals surface area contributed by atoms with Gasteiger partial charge < -0.3 is 15.0 Å². The summed E-state index contributed by atoms with van der Waals surface area (Å²) in [5, 5.41) is 3.07. The Balaban J connectivity index is 1.68. The van der Waals surface area contributed by atoms with Crippen molar-refractivity contribution in [2.45, 2.75) is 25.7 Å². The maximum absolute atomic E-state index is 12.5. The molecule has 1 fully saturated rings. The molecule has 26 heavy (non-hydrogen) atoms. The fraction of sp³-hybridized carbons (Fsp3) is 0.368. The maximum Gasteiger partial charge on any atom is 0.337 e. The maximum atomic E-state index is 12.5. The summed E-state index contributed by atoms with van der Waals surface area (Å²) in [5.41, 5.74) is 1.48. The predicted octanol–water partition coefficient (Wildman–Crippen LogP) is 3.02. The molecule has 0 bridgehead atoms. The monoisotopic (exact) mass is 354 g/mol. The van der Waals surface area contributed by atoms with Crippen molar-refractivity contribution in [1.82, 2.24) is 14.9 Å². The molecule has 0 spiro atoms. The highest BCUT2D eigenvalue weighted by atomic mass is 16.5. The molecular formula is C19H22N4O3. The first-order valence-corrected chi connectivity index (χ1v) is 8.74. The number of rotatable bonds is 4. The van der Waals surface area contributed by atoms with Crippen LogP contribution < -0.4 is 5.32 Å². The van der Waals surface area contributed by atoms with E-state index in [1.54, 1.807) is 18.2 Å². The Bertz CT molecular complexity index is 769. The molecule has 1 aliphatic rings. The van der Waals surface area contributed by atoms with Gasteiger partial charge in [0.15, 0.2) is 0 Å². The van der Waals surface area contributed by atoms with Crippen LogP contribution in [-0.4, -0.2) is 46.9 Å². The zero-order valence-corrected chi connectivity index (χ0v) is 14.8. The molecule has 1 amide bonds. The third-order valence-corrected chi connectivity index (χ3v) is 4.32. The summed E-state index contributed by atoms with van der Waals surface area (Å²) in [6.07, 6.45) is 7.42. The number of esters is 1. The first-order valence-electron chi connectivity index (χ1n) is 8.74. The normalized spacial score (nSPS) is 14.4. The lowest BCUT2D eigenvalue weighted by atomic mass is 10.2. The van der Waals surface area contributed by atoms with Gasteiger partial charge in [0, 0.05) is 18.8 Å². The Hall–Kier alpha value is -2.96. The van der Waals surface area contributed by atoms with E-state index in [2.05, 4.69) is 15.3 Å². The van der Waals surface area contributed by atoms with Crippen molar-refractivity contribution in [3.63, 3.8) is 0 Å². The number of carbonyl (C=O) groups is 2. The highest BCUT2D eigenvalue weighted by Gasteiger charge is 2.18. The summed E-state index contributed by atoms with van der Waals surface area (Å²) in [6, 6.07) is 6.90. The van der Waals surface area contributed by atoms with Crippen molar-refractivity contribution >= 4 is 23.4 Å². The lowest BCUT2D eigenvalue weighted by Crippen LogP contribution is -2.32. The summed E-state index contributed by atoms with van der Waals surface area (Å²) in [7, 11) is 1.34. The van der Waals surface area contributed by atoms with Crippen molar-refractivity contribution in [1.29, 1.82) is 0 Å². The number of nitrogens with one attached hydrogen (secondary N) is 1. The van der Waals surface area contributed by atoms with Crippen LogP contribution in [-0.2, 0) is 4.74 Å². The number of aromatic nitrogens is 2. The highest BCUT2D eigenvalue weighted by Crippen LogP contribution is 2.17. The second kappa shape index (κ2) is 8.42. The molecule has 0 radical (unpaired) electrons. The zero-order chi connectivity index (χ0) is 18.4. The lowest BCUT2D eigenvalue weighted by molar-refractivity contribution is 0.0600. The first kappa shape index (κ1) is 17.8. The topological polar surface area (TPSA) is 84.4 Å². The molecule has 7 nitrogen and oxygen atoms in total. The van der Waals surface area contributed by atoms with E-state index >= 15 is 0 Å². The van der Waals surface area contributed by atoms with E-state index in [0.29, 0.717) is 22.8 Å². The Labute approximate surface area is 152 Å². The Morgan fingerprint density at radius 2 is 1.85 bits per heavy atom. The standard InChI is InChI=1S/C19H22N4O3/c1-26-19(25)14-7-6-8-15(11-14)22-17-13-20-16(12-21-17)18(24)23-9-4-2-3-5-10-23/h6-8,11-13H,2-5,9-10H2,1H3,(H,21,22). The molecule has 1 aromatic heterocycles. The Morgan fingerprint density at radius 1 is 1.08 bits per heavy atom. The minimum absolute atomic E-state index is 0.0707. The van der Waals surface area contributed by atoms with Crippen LogP contribution in [0.5, 0.6) is 0 Å². The molecule has 7 heteroatoms. The van der Waals surface area contributed by atoms with E-state index in [0.717, 1.165) is 25.9 Å². The van der Waals surface area contributed by atoms with Gasteiger partial charge in [-0.25, -0.2) is 14.8 Å². The average molecular weight is 354 g/mol. The van der Waals surface area contributed by atoms with Gasteiger partial charge in [0.1, 0.15) is 11.5 Å². The largest absolute Gasteiger partial charge is 0.465 e. The van der Waals surface area contributed by atoms with Crippen molar-refractivity contribution in [2.24, 2.45) is 0 Å². The molecule has 2 heterocycles. The second-order valence-corrected chi connectivity index (χ2v) is 6.19. The third-order valence-electron chi connectivity index (χ3n) is 4.32. The van der Waals surface area contributed by atoms with Gasteiger partial charge >= 0.3 is 5.97 Å². The molecule has 3 rings (SSSR count). The fourth-order valence-corrected chi connectivity index (χ4v) is 2.93. The van der Waals surface area contributed by atoms with E-state index in [4.69, 9.17) is 4.74 Å². The summed E-state index contributed by atoms with van der Waals surface area (Å²) in [4.78, 5) is 34.5. The smallest absolute Gasteiger partial charge is 0.337 e. The SMILES string of the molecule is COC(=O)c1cccc(Nc2cnc(C(=O)N3CCCCCC3)cn2)c1. The van der Waals surface area contributed by atoms with Crippen LogP contribution >= 0.6 is 0 Å². The molecular weight excluding hydrogens is 332 g/mol. The Kier molecular flexibility index (Phi) is 5.78. The number of methoxy groups -OCH3 is 1. The lowest BCUT2D eigenvalue weighted by Gasteiger charge is -2.19. The molecule has 1 aromatic carbocycles. The number of anilines is 2. The van der Waals surface area contributed by atoms with E-state index < -0.39 is 5.97 Å². The predicted molar refractivity (Wildman–Crippen MR) is 97.5 cm³/mol. The van der Waals surface area contributed by atoms with Gasteiger partial charge in [0.2, 0.25) is 0 Å². The molecule has 0 atom stereocenters. The van der Waals surface area contributed by atoms with Gasteiger partial charge in [-0.1, -0.05) is 18.9 Å². The summed E-state index contributed by atoms with van der Waals surface area (Å²) < 4.78 is 4.71. The number of likely N-dealkylation sites (tertiary alicyclic amines) is 1. The zero-order valence-electron chi connectivity index (χ0n) is 14.8. The molecule has 1 aliphatic heterocycles. The minimum Gasteiger partial charge on any atom is -0.465 e. The van der Waals surface area contributed by atoms with Crippen molar-refractivity contribution in [3.8, 4) is 0 Å². The first-order chi connectivity index (χ1) is 12.7. The van der Waals surface area contributed by atoms with Gasteiger partial charge in [0.05, 0.1) is 25.1 Å². The highest BCUT2D eigenvalue weighted by molar-refractivity contribution is 5.92. The van der Waals surface area contributed by atoms with E-state index in [1.807, 2.05) is 11.0 Å². The number of amides is 1. The molecule has 136 valence electrons. The molecule has 0 aliphatic carbocycles. The average Bonchev–Trinajstić information content (AvgIpc) is 2.97. The van der Waals surface area contributed by atoms with E-state index in [9.17, 15) is 9.59 Å². The minimum atomic E-state index is -0.405. The number of ether oxygens (including phenoxy) is 1. The molecule has 1 N–H and O–H groups in total. The van der Waals surface area contributed by atoms with E-state index in [-0.39, 0.29) is 5.91 Å². The second-order valence-electron chi connectivity index (χ2n) is 6.19. The van der Waals surface area contributed by atoms with Gasteiger partial charge in [-0.3, -0.25) is 4.79 Å². The van der Waals surface area contributed by atoms with Crippen LogP contribution in [0.4, 0.5) is 11.5 Å². The van der Waals surface area contributed by atoms with Crippen molar-refractivity contribution in [2.75, 3.05) is 25.5 Å². The number of hydrogen-bond acceptors (Lipinski definition) is 6. The number of nitrogens with zero attached hydrogens (tertiary/aromatic N) is 3. The van der Waals surface area contributed by atoms with Crippen LogP contribution in [0.2, 0.25) is 0 Å². The van der Waals surface area contributed by atoms with Crippen LogP contribution in [0.1, 0.15) is 46.5 Å². The van der Waals surface area contributed by atoms with E-state index in [1.165, 1.54) is 32.3 Å². The number of hydrogen-bond donors (Lipinski definition) is 1. The number of carbonyl (C=O) groups excluding carboxylic acids is 2. The molecule has 1 saturated heterocycles. The summed E-state index contributed by atoms with van der Waals surface area (Å²) >= 11 is 0.